The highest BCUT2D eigenvalue weighted by Gasteiger charge is 2.11. The molecule has 1 aromatic rings. The van der Waals surface area contributed by atoms with Gasteiger partial charge in [-0.15, -0.1) is 0 Å². The van der Waals surface area contributed by atoms with Crippen molar-refractivity contribution in [2.75, 3.05) is 0 Å². The van der Waals surface area contributed by atoms with Crippen LogP contribution < -0.4 is 16.1 Å². The SMILES string of the molecule is CC.CCC1C=c2c(c(Br)cn(C)c2=O)=N1. The lowest BCUT2D eigenvalue weighted by Crippen LogP contribution is -2.42. The minimum absolute atomic E-state index is 0.0305. The largest absolute Gasteiger partial charge is 0.317 e. The van der Waals surface area contributed by atoms with Gasteiger partial charge in [0.25, 0.3) is 5.56 Å². The third-order valence-electron chi connectivity index (χ3n) is 2.41. The summed E-state index contributed by atoms with van der Waals surface area (Å²) in [5.74, 6) is 0. The molecule has 1 aliphatic heterocycles. The molecule has 2 heterocycles. The zero-order valence-electron chi connectivity index (χ0n) is 10.1. The third-order valence-corrected chi connectivity index (χ3v) is 2.99. The average Bonchev–Trinajstić information content (AvgIpc) is 2.73. The van der Waals surface area contributed by atoms with E-state index in [1.807, 2.05) is 19.9 Å². The first-order chi connectivity index (χ1) is 7.63. The Labute approximate surface area is 104 Å². The molecule has 1 atom stereocenters. The summed E-state index contributed by atoms with van der Waals surface area (Å²) in [5.41, 5.74) is 0.0305. The van der Waals surface area contributed by atoms with E-state index in [2.05, 4.69) is 27.8 Å². The second-order valence-corrected chi connectivity index (χ2v) is 4.28. The molecule has 3 nitrogen and oxygen atoms in total. The van der Waals surface area contributed by atoms with Crippen LogP contribution in [0.3, 0.4) is 0 Å². The fourth-order valence-electron chi connectivity index (χ4n) is 1.60. The Morgan fingerprint density at radius 2 is 2.12 bits per heavy atom. The molecular formula is C12H17BrN2O. The average molecular weight is 285 g/mol. The Kier molecular flexibility index (Phi) is 4.47. The molecule has 1 aromatic heterocycles. The fourth-order valence-corrected chi connectivity index (χ4v) is 2.22. The van der Waals surface area contributed by atoms with Crippen molar-refractivity contribution in [3.63, 3.8) is 0 Å². The number of rotatable bonds is 1. The highest BCUT2D eigenvalue weighted by molar-refractivity contribution is 9.10. The number of fused-ring (bicyclic) bond motifs is 1. The van der Waals surface area contributed by atoms with Gasteiger partial charge in [-0.2, -0.15) is 0 Å². The second kappa shape index (κ2) is 5.43. The Balaban J connectivity index is 0.000000606. The Morgan fingerprint density at radius 3 is 2.69 bits per heavy atom. The van der Waals surface area contributed by atoms with E-state index in [9.17, 15) is 4.79 Å². The number of aromatic nitrogens is 1. The molecule has 0 fully saturated rings. The normalized spacial score (nSPS) is 16.7. The molecule has 0 N–H and O–H groups in total. The highest BCUT2D eigenvalue weighted by Crippen LogP contribution is 2.04. The molecule has 2 rings (SSSR count). The Hall–Kier alpha value is -0.900. The van der Waals surface area contributed by atoms with E-state index in [-0.39, 0.29) is 11.6 Å². The topological polar surface area (TPSA) is 34.4 Å². The summed E-state index contributed by atoms with van der Waals surface area (Å²) >= 11 is 3.42. The second-order valence-electron chi connectivity index (χ2n) is 3.43. The highest BCUT2D eigenvalue weighted by atomic mass is 79.9. The van der Waals surface area contributed by atoms with Crippen LogP contribution in [0.1, 0.15) is 27.2 Å². The first-order valence-electron chi connectivity index (χ1n) is 5.58. The maximum atomic E-state index is 11.7. The maximum absolute atomic E-state index is 11.7. The van der Waals surface area contributed by atoms with Crippen molar-refractivity contribution in [3.8, 4) is 0 Å². The lowest BCUT2D eigenvalue weighted by atomic mass is 10.2. The molecule has 0 spiro atoms. The first kappa shape index (κ1) is 13.2. The van der Waals surface area contributed by atoms with Crippen molar-refractivity contribution in [2.45, 2.75) is 33.2 Å². The number of aryl methyl sites for hydroxylation is 1. The van der Waals surface area contributed by atoms with Crippen LogP contribution in [0.2, 0.25) is 0 Å². The molecule has 0 aliphatic carbocycles. The van der Waals surface area contributed by atoms with Crippen molar-refractivity contribution in [1.82, 2.24) is 4.57 Å². The van der Waals surface area contributed by atoms with Crippen LogP contribution in [0.4, 0.5) is 0 Å². The van der Waals surface area contributed by atoms with Gasteiger partial charge >= 0.3 is 0 Å². The number of hydrogen-bond donors (Lipinski definition) is 0. The zero-order chi connectivity index (χ0) is 12.3. The van der Waals surface area contributed by atoms with Gasteiger partial charge in [-0.25, -0.2) is 0 Å². The number of pyridine rings is 1. The summed E-state index contributed by atoms with van der Waals surface area (Å²) in [6, 6.07) is 0.163. The van der Waals surface area contributed by atoms with E-state index in [0.717, 1.165) is 21.5 Å². The molecule has 1 aliphatic rings. The van der Waals surface area contributed by atoms with Crippen molar-refractivity contribution in [1.29, 1.82) is 0 Å². The molecular weight excluding hydrogens is 268 g/mol. The van der Waals surface area contributed by atoms with Gasteiger partial charge in [-0.3, -0.25) is 9.79 Å². The number of nitrogens with zero attached hydrogens (tertiary/aromatic N) is 2. The fraction of sp³-hybridized carbons (Fsp3) is 0.500. The Morgan fingerprint density at radius 1 is 1.50 bits per heavy atom. The minimum Gasteiger partial charge on any atom is -0.317 e. The predicted octanol–water partition coefficient (Wildman–Crippen LogP) is 1.37. The van der Waals surface area contributed by atoms with E-state index in [0.29, 0.717) is 0 Å². The van der Waals surface area contributed by atoms with Crippen LogP contribution in [0, 0.1) is 0 Å². The van der Waals surface area contributed by atoms with Crippen LogP contribution >= 0.6 is 15.9 Å². The molecule has 4 heteroatoms. The van der Waals surface area contributed by atoms with Crippen LogP contribution in [-0.2, 0) is 7.05 Å². The molecule has 0 saturated heterocycles. The number of hydrogen-bond acceptors (Lipinski definition) is 2. The monoisotopic (exact) mass is 284 g/mol. The molecule has 0 aromatic carbocycles. The van der Waals surface area contributed by atoms with Crippen molar-refractivity contribution in [2.24, 2.45) is 12.0 Å². The molecule has 0 amide bonds. The zero-order valence-corrected chi connectivity index (χ0v) is 11.7. The maximum Gasteiger partial charge on any atom is 0.259 e. The number of halogens is 1. The van der Waals surface area contributed by atoms with Crippen molar-refractivity contribution >= 4 is 22.0 Å². The summed E-state index contributed by atoms with van der Waals surface area (Å²) in [6.45, 7) is 6.06. The summed E-state index contributed by atoms with van der Waals surface area (Å²) in [5, 5.41) is 1.54. The summed E-state index contributed by atoms with van der Waals surface area (Å²) in [6.07, 6.45) is 4.64. The quantitative estimate of drug-likeness (QED) is 0.767. The lowest BCUT2D eigenvalue weighted by Gasteiger charge is -1.96. The molecule has 88 valence electrons. The third kappa shape index (κ3) is 2.26. The van der Waals surface area contributed by atoms with E-state index >= 15 is 0 Å². The van der Waals surface area contributed by atoms with Gasteiger partial charge in [0.05, 0.1) is 21.1 Å². The van der Waals surface area contributed by atoms with E-state index in [4.69, 9.17) is 0 Å². The van der Waals surface area contributed by atoms with Crippen LogP contribution in [0.15, 0.2) is 20.5 Å². The van der Waals surface area contributed by atoms with E-state index in [1.165, 1.54) is 0 Å². The van der Waals surface area contributed by atoms with Crippen molar-refractivity contribution < 1.29 is 0 Å². The smallest absolute Gasteiger partial charge is 0.259 e. The molecule has 0 radical (unpaired) electrons. The summed E-state index contributed by atoms with van der Waals surface area (Å²) in [7, 11) is 1.75. The molecule has 1 unspecified atom stereocenters. The van der Waals surface area contributed by atoms with Gasteiger partial charge in [0, 0.05) is 13.2 Å². The first-order valence-corrected chi connectivity index (χ1v) is 6.37. The lowest BCUT2D eigenvalue weighted by molar-refractivity contribution is 0.805. The van der Waals surface area contributed by atoms with E-state index in [1.54, 1.807) is 17.8 Å². The van der Waals surface area contributed by atoms with Gasteiger partial charge in [0.2, 0.25) is 0 Å². The Bertz CT molecular complexity index is 545. The van der Waals surface area contributed by atoms with Crippen LogP contribution in [-0.4, -0.2) is 10.6 Å². The summed E-state index contributed by atoms with van der Waals surface area (Å²) in [4.78, 5) is 16.2. The predicted molar refractivity (Wildman–Crippen MR) is 70.1 cm³/mol. The molecule has 0 bridgehead atoms. The van der Waals surface area contributed by atoms with Gasteiger partial charge in [-0.05, 0) is 28.4 Å². The van der Waals surface area contributed by atoms with E-state index < -0.39 is 0 Å². The standard InChI is InChI=1S/C10H11BrN2O.C2H6/c1-3-6-4-7-9(12-6)8(11)5-13(2)10(7)14;1-2/h4-6H,3H2,1-2H3;1-2H3. The molecule has 16 heavy (non-hydrogen) atoms. The minimum atomic E-state index is 0.0305. The van der Waals surface area contributed by atoms with Gasteiger partial charge < -0.3 is 4.57 Å². The van der Waals surface area contributed by atoms with Crippen LogP contribution in [0.25, 0.3) is 6.08 Å². The van der Waals surface area contributed by atoms with Crippen LogP contribution in [0.5, 0.6) is 0 Å². The van der Waals surface area contributed by atoms with Crippen molar-refractivity contribution in [3.05, 3.63) is 31.6 Å². The van der Waals surface area contributed by atoms with Gasteiger partial charge in [0.15, 0.2) is 0 Å². The van der Waals surface area contributed by atoms with Gasteiger partial charge in [-0.1, -0.05) is 20.8 Å². The van der Waals surface area contributed by atoms with Gasteiger partial charge in [0.1, 0.15) is 0 Å². The summed E-state index contributed by atoms with van der Waals surface area (Å²) < 4.78 is 2.47. The molecule has 0 saturated carbocycles.